The molecule has 28 heavy (non-hydrogen) atoms. The molecule has 4 rings (SSSR count). The Balaban J connectivity index is 1.45. The van der Waals surface area contributed by atoms with Gasteiger partial charge in [-0.25, -0.2) is 0 Å². The number of aromatic nitrogens is 4. The minimum atomic E-state index is 0.595. The van der Waals surface area contributed by atoms with E-state index in [0.717, 1.165) is 39.4 Å². The normalized spacial score (nSPS) is 10.8. The Kier molecular flexibility index (Phi) is 5.29. The van der Waals surface area contributed by atoms with Crippen molar-refractivity contribution in [3.63, 3.8) is 0 Å². The maximum atomic E-state index is 5.47. The van der Waals surface area contributed by atoms with E-state index in [9.17, 15) is 0 Å². The van der Waals surface area contributed by atoms with Crippen LogP contribution in [-0.2, 0) is 5.75 Å². The van der Waals surface area contributed by atoms with Crippen molar-refractivity contribution in [3.05, 3.63) is 66.7 Å². The highest BCUT2D eigenvalue weighted by Crippen LogP contribution is 2.27. The number of thioether (sulfide) groups is 1. The van der Waals surface area contributed by atoms with Gasteiger partial charge in [-0.1, -0.05) is 16.9 Å². The molecule has 0 aliphatic heterocycles. The van der Waals surface area contributed by atoms with Crippen LogP contribution in [0.15, 0.2) is 70.6 Å². The molecule has 0 atom stereocenters. The van der Waals surface area contributed by atoms with Gasteiger partial charge in [0.05, 0.1) is 20.0 Å². The van der Waals surface area contributed by atoms with E-state index in [1.54, 1.807) is 20.5 Å². The lowest BCUT2D eigenvalue weighted by Crippen LogP contribution is -1.95. The SMILES string of the molecule is COc1ccc(-c2cc(CSc3nncn3-c3ccc(OC)cc3)on2)cc1. The van der Waals surface area contributed by atoms with Crippen molar-refractivity contribution in [1.29, 1.82) is 0 Å². The largest absolute Gasteiger partial charge is 0.497 e. The fourth-order valence-corrected chi connectivity index (χ4v) is 3.46. The van der Waals surface area contributed by atoms with Crippen LogP contribution in [0.2, 0.25) is 0 Å². The lowest BCUT2D eigenvalue weighted by molar-refractivity contribution is 0.397. The van der Waals surface area contributed by atoms with Gasteiger partial charge < -0.3 is 14.0 Å². The average molecular weight is 394 g/mol. The highest BCUT2D eigenvalue weighted by atomic mass is 32.2. The maximum Gasteiger partial charge on any atom is 0.196 e. The minimum absolute atomic E-state index is 0.595. The predicted octanol–water partition coefficient (Wildman–Crippen LogP) is 4.23. The number of methoxy groups -OCH3 is 2. The van der Waals surface area contributed by atoms with Crippen LogP contribution in [-0.4, -0.2) is 34.1 Å². The van der Waals surface area contributed by atoms with Gasteiger partial charge in [0.1, 0.15) is 29.3 Å². The van der Waals surface area contributed by atoms with Crippen molar-refractivity contribution in [2.75, 3.05) is 14.2 Å². The molecular weight excluding hydrogens is 376 g/mol. The van der Waals surface area contributed by atoms with Crippen molar-refractivity contribution in [1.82, 2.24) is 19.9 Å². The molecule has 7 nitrogen and oxygen atoms in total. The Labute approximate surface area is 166 Å². The predicted molar refractivity (Wildman–Crippen MR) is 106 cm³/mol. The van der Waals surface area contributed by atoms with Crippen molar-refractivity contribution >= 4 is 11.8 Å². The molecule has 142 valence electrons. The van der Waals surface area contributed by atoms with E-state index in [-0.39, 0.29) is 0 Å². The van der Waals surface area contributed by atoms with Crippen LogP contribution in [0.3, 0.4) is 0 Å². The van der Waals surface area contributed by atoms with Crippen LogP contribution >= 0.6 is 11.8 Å². The third-order valence-corrected chi connectivity index (χ3v) is 5.12. The quantitative estimate of drug-likeness (QED) is 0.434. The molecule has 2 aromatic heterocycles. The second-order valence-corrected chi connectivity index (χ2v) is 6.82. The van der Waals surface area contributed by atoms with Crippen molar-refractivity contribution in [2.24, 2.45) is 0 Å². The molecule has 0 aliphatic carbocycles. The number of hydrogen-bond acceptors (Lipinski definition) is 7. The van der Waals surface area contributed by atoms with E-state index in [1.807, 2.05) is 59.2 Å². The summed E-state index contributed by atoms with van der Waals surface area (Å²) in [6, 6.07) is 17.4. The summed E-state index contributed by atoms with van der Waals surface area (Å²) in [6.45, 7) is 0. The molecule has 0 bridgehead atoms. The van der Waals surface area contributed by atoms with Crippen molar-refractivity contribution in [2.45, 2.75) is 10.9 Å². The third kappa shape index (κ3) is 3.86. The first kappa shape index (κ1) is 18.1. The molecular formula is C20H18N4O3S. The number of rotatable bonds is 7. The second kappa shape index (κ2) is 8.18. The summed E-state index contributed by atoms with van der Waals surface area (Å²) in [5, 5.41) is 13.2. The van der Waals surface area contributed by atoms with Gasteiger partial charge in [0, 0.05) is 17.3 Å². The summed E-state index contributed by atoms with van der Waals surface area (Å²) in [5.41, 5.74) is 2.72. The third-order valence-electron chi connectivity index (χ3n) is 4.16. The smallest absolute Gasteiger partial charge is 0.196 e. The maximum absolute atomic E-state index is 5.47. The van der Waals surface area contributed by atoms with E-state index in [1.165, 1.54) is 11.8 Å². The zero-order valence-electron chi connectivity index (χ0n) is 15.4. The second-order valence-electron chi connectivity index (χ2n) is 5.88. The summed E-state index contributed by atoms with van der Waals surface area (Å²) < 4.78 is 17.8. The van der Waals surface area contributed by atoms with Gasteiger partial charge >= 0.3 is 0 Å². The summed E-state index contributed by atoms with van der Waals surface area (Å²) in [5.74, 6) is 2.97. The molecule has 0 saturated carbocycles. The van der Waals surface area contributed by atoms with Gasteiger partial charge in [-0.3, -0.25) is 4.57 Å². The fourth-order valence-electron chi connectivity index (χ4n) is 2.66. The molecule has 4 aromatic rings. The van der Waals surface area contributed by atoms with E-state index in [0.29, 0.717) is 5.75 Å². The molecule has 0 amide bonds. The number of benzene rings is 2. The van der Waals surface area contributed by atoms with Crippen LogP contribution in [0.5, 0.6) is 11.5 Å². The summed E-state index contributed by atoms with van der Waals surface area (Å²) >= 11 is 1.53. The topological polar surface area (TPSA) is 75.2 Å². The molecule has 0 unspecified atom stereocenters. The van der Waals surface area contributed by atoms with Crippen LogP contribution in [0, 0.1) is 0 Å². The Bertz CT molecular complexity index is 1040. The zero-order valence-corrected chi connectivity index (χ0v) is 16.2. The first-order valence-corrected chi connectivity index (χ1v) is 9.52. The van der Waals surface area contributed by atoms with Crippen LogP contribution in [0.1, 0.15) is 5.76 Å². The number of nitrogens with zero attached hydrogens (tertiary/aromatic N) is 4. The number of ether oxygens (including phenoxy) is 2. The lowest BCUT2D eigenvalue weighted by atomic mass is 10.1. The van der Waals surface area contributed by atoms with Gasteiger partial charge in [-0.2, -0.15) is 0 Å². The lowest BCUT2D eigenvalue weighted by Gasteiger charge is -2.06. The Hall–Kier alpha value is -3.26. The van der Waals surface area contributed by atoms with Crippen LogP contribution < -0.4 is 9.47 Å². The summed E-state index contributed by atoms with van der Waals surface area (Å²) in [6.07, 6.45) is 1.69. The molecule has 0 aliphatic rings. The molecule has 0 saturated heterocycles. The Morgan fingerprint density at radius 3 is 2.32 bits per heavy atom. The van der Waals surface area contributed by atoms with Gasteiger partial charge in [-0.15, -0.1) is 10.2 Å². The summed E-state index contributed by atoms with van der Waals surface area (Å²) in [4.78, 5) is 0. The van der Waals surface area contributed by atoms with Crippen molar-refractivity contribution in [3.8, 4) is 28.4 Å². The molecule has 0 radical (unpaired) electrons. The van der Waals surface area contributed by atoms with Crippen molar-refractivity contribution < 1.29 is 14.0 Å². The van der Waals surface area contributed by atoms with E-state index < -0.39 is 0 Å². The van der Waals surface area contributed by atoms with E-state index >= 15 is 0 Å². The van der Waals surface area contributed by atoms with E-state index in [2.05, 4.69) is 15.4 Å². The minimum Gasteiger partial charge on any atom is -0.497 e. The Morgan fingerprint density at radius 1 is 0.964 bits per heavy atom. The van der Waals surface area contributed by atoms with E-state index in [4.69, 9.17) is 14.0 Å². The first-order valence-electron chi connectivity index (χ1n) is 8.54. The van der Waals surface area contributed by atoms with Crippen LogP contribution in [0.4, 0.5) is 0 Å². The van der Waals surface area contributed by atoms with Crippen LogP contribution in [0.25, 0.3) is 16.9 Å². The molecule has 2 aromatic carbocycles. The molecule has 8 heteroatoms. The number of hydrogen-bond donors (Lipinski definition) is 0. The van der Waals surface area contributed by atoms with Gasteiger partial charge in [-0.05, 0) is 48.5 Å². The zero-order chi connectivity index (χ0) is 19.3. The highest BCUT2D eigenvalue weighted by Gasteiger charge is 2.11. The molecule has 0 spiro atoms. The van der Waals surface area contributed by atoms with Gasteiger partial charge in [0.25, 0.3) is 0 Å². The van der Waals surface area contributed by atoms with Gasteiger partial charge in [0.15, 0.2) is 5.16 Å². The highest BCUT2D eigenvalue weighted by molar-refractivity contribution is 7.98. The fraction of sp³-hybridized carbons (Fsp3) is 0.150. The monoisotopic (exact) mass is 394 g/mol. The molecule has 0 N–H and O–H groups in total. The Morgan fingerprint density at radius 2 is 1.64 bits per heavy atom. The van der Waals surface area contributed by atoms with Gasteiger partial charge in [0.2, 0.25) is 0 Å². The average Bonchev–Trinajstić information content (AvgIpc) is 3.42. The molecule has 0 fully saturated rings. The summed E-state index contributed by atoms with van der Waals surface area (Å²) in [7, 11) is 3.29. The standard InChI is InChI=1S/C20H18N4O3S/c1-25-16-7-3-14(4-8-16)19-11-18(27-23-19)12-28-20-22-21-13-24(20)15-5-9-17(26-2)10-6-15/h3-11,13H,12H2,1-2H3. The molecule has 2 heterocycles. The first-order chi connectivity index (χ1) is 13.8.